The Hall–Kier alpha value is 0.180. The molecule has 0 aliphatic heterocycles. The molecule has 1 N–H and O–H groups in total. The third-order valence-corrected chi connectivity index (χ3v) is 2.51. The molecule has 0 amide bonds. The van der Waals surface area contributed by atoms with Crippen molar-refractivity contribution >= 4 is 15.9 Å². The number of allylic oxidation sites excluding steroid dienone is 1. The molecule has 1 aliphatic carbocycles. The zero-order valence-corrected chi connectivity index (χ0v) is 7.06. The molecule has 0 saturated carbocycles. The van der Waals surface area contributed by atoms with Gasteiger partial charge in [0.15, 0.2) is 0 Å². The van der Waals surface area contributed by atoms with Gasteiger partial charge < -0.3 is 5.11 Å². The van der Waals surface area contributed by atoms with E-state index in [2.05, 4.69) is 28.9 Å². The SMILES string of the molecule is C[C@@H]1CC=C(Br)C(O)C1. The van der Waals surface area contributed by atoms with Gasteiger partial charge in [-0.15, -0.1) is 0 Å². The lowest BCUT2D eigenvalue weighted by Crippen LogP contribution is -2.15. The number of rotatable bonds is 0. The Morgan fingerprint density at radius 1 is 1.78 bits per heavy atom. The molecule has 2 atom stereocenters. The minimum Gasteiger partial charge on any atom is -0.388 e. The Bertz CT molecular complexity index is 131. The molecule has 1 nitrogen and oxygen atoms in total. The van der Waals surface area contributed by atoms with Crippen molar-refractivity contribution in [3.8, 4) is 0 Å². The Balaban J connectivity index is 2.56. The minimum atomic E-state index is -0.242. The fraction of sp³-hybridized carbons (Fsp3) is 0.714. The van der Waals surface area contributed by atoms with Crippen molar-refractivity contribution < 1.29 is 5.11 Å². The summed E-state index contributed by atoms with van der Waals surface area (Å²) >= 11 is 3.29. The van der Waals surface area contributed by atoms with Gasteiger partial charge in [-0.05, 0) is 18.8 Å². The van der Waals surface area contributed by atoms with Crippen molar-refractivity contribution in [1.82, 2.24) is 0 Å². The standard InChI is InChI=1S/C7H11BrO/c1-5-2-3-6(8)7(9)4-5/h3,5,7,9H,2,4H2,1H3/t5-,7?/m1/s1. The van der Waals surface area contributed by atoms with E-state index in [9.17, 15) is 5.11 Å². The Morgan fingerprint density at radius 3 is 2.89 bits per heavy atom. The first-order valence-corrected chi connectivity index (χ1v) is 4.03. The monoisotopic (exact) mass is 190 g/mol. The maximum atomic E-state index is 9.23. The first-order valence-electron chi connectivity index (χ1n) is 3.23. The highest BCUT2D eigenvalue weighted by molar-refractivity contribution is 9.11. The minimum absolute atomic E-state index is 0.242. The molecule has 1 unspecified atom stereocenters. The zero-order valence-electron chi connectivity index (χ0n) is 5.47. The Kier molecular flexibility index (Phi) is 2.30. The molecule has 1 rings (SSSR count). The van der Waals surface area contributed by atoms with E-state index < -0.39 is 0 Å². The van der Waals surface area contributed by atoms with E-state index in [4.69, 9.17) is 0 Å². The highest BCUT2D eigenvalue weighted by atomic mass is 79.9. The van der Waals surface area contributed by atoms with Crippen LogP contribution in [0.2, 0.25) is 0 Å². The van der Waals surface area contributed by atoms with E-state index in [1.807, 2.05) is 0 Å². The molecule has 0 fully saturated rings. The van der Waals surface area contributed by atoms with Crippen LogP contribution >= 0.6 is 15.9 Å². The zero-order chi connectivity index (χ0) is 6.85. The molecule has 1 aliphatic rings. The van der Waals surface area contributed by atoms with E-state index in [1.54, 1.807) is 0 Å². The third kappa shape index (κ3) is 1.80. The first-order chi connectivity index (χ1) is 4.20. The smallest absolute Gasteiger partial charge is 0.0854 e. The number of hydrogen-bond donors (Lipinski definition) is 1. The van der Waals surface area contributed by atoms with Gasteiger partial charge in [-0.1, -0.05) is 28.9 Å². The molecular weight excluding hydrogens is 180 g/mol. The number of halogens is 1. The van der Waals surface area contributed by atoms with E-state index >= 15 is 0 Å². The third-order valence-electron chi connectivity index (χ3n) is 1.66. The molecule has 0 aromatic heterocycles. The molecule has 2 heteroatoms. The normalized spacial score (nSPS) is 36.1. The van der Waals surface area contributed by atoms with Crippen molar-refractivity contribution in [1.29, 1.82) is 0 Å². The van der Waals surface area contributed by atoms with Gasteiger partial charge in [0.2, 0.25) is 0 Å². The van der Waals surface area contributed by atoms with Crippen molar-refractivity contribution in [2.75, 3.05) is 0 Å². The van der Waals surface area contributed by atoms with Gasteiger partial charge in [0.1, 0.15) is 0 Å². The van der Waals surface area contributed by atoms with Crippen LogP contribution in [-0.2, 0) is 0 Å². The van der Waals surface area contributed by atoms with Gasteiger partial charge in [-0.2, -0.15) is 0 Å². The van der Waals surface area contributed by atoms with Gasteiger partial charge in [-0.25, -0.2) is 0 Å². The van der Waals surface area contributed by atoms with Gasteiger partial charge in [-0.3, -0.25) is 0 Å². The fourth-order valence-electron chi connectivity index (χ4n) is 1.04. The first kappa shape index (κ1) is 7.29. The molecule has 0 saturated heterocycles. The highest BCUT2D eigenvalue weighted by Gasteiger charge is 2.16. The quantitative estimate of drug-likeness (QED) is 0.621. The van der Waals surface area contributed by atoms with Crippen LogP contribution < -0.4 is 0 Å². The average Bonchev–Trinajstić information content (AvgIpc) is 1.80. The van der Waals surface area contributed by atoms with Crippen molar-refractivity contribution in [3.63, 3.8) is 0 Å². The topological polar surface area (TPSA) is 20.2 Å². The maximum Gasteiger partial charge on any atom is 0.0854 e. The Labute approximate surface area is 63.9 Å². The summed E-state index contributed by atoms with van der Waals surface area (Å²) < 4.78 is 0.959. The van der Waals surface area contributed by atoms with Gasteiger partial charge in [0.25, 0.3) is 0 Å². The second kappa shape index (κ2) is 2.84. The summed E-state index contributed by atoms with van der Waals surface area (Å²) in [5, 5.41) is 9.23. The number of hydrogen-bond acceptors (Lipinski definition) is 1. The average molecular weight is 191 g/mol. The van der Waals surface area contributed by atoms with Crippen LogP contribution in [0.5, 0.6) is 0 Å². The summed E-state index contributed by atoms with van der Waals surface area (Å²) in [4.78, 5) is 0. The van der Waals surface area contributed by atoms with Crippen molar-refractivity contribution in [2.45, 2.75) is 25.9 Å². The molecule has 0 spiro atoms. The molecule has 9 heavy (non-hydrogen) atoms. The van der Waals surface area contributed by atoms with Crippen molar-refractivity contribution in [2.24, 2.45) is 5.92 Å². The molecule has 0 aromatic carbocycles. The summed E-state index contributed by atoms with van der Waals surface area (Å²) in [5.74, 6) is 0.640. The van der Waals surface area contributed by atoms with Gasteiger partial charge in [0.05, 0.1) is 6.10 Å². The lowest BCUT2D eigenvalue weighted by Gasteiger charge is -2.19. The van der Waals surface area contributed by atoms with Crippen LogP contribution in [0.3, 0.4) is 0 Å². The predicted octanol–water partition coefficient (Wildman–Crippen LogP) is 2.06. The van der Waals surface area contributed by atoms with Crippen LogP contribution in [-0.4, -0.2) is 11.2 Å². The molecule has 0 aromatic rings. The molecule has 0 heterocycles. The van der Waals surface area contributed by atoms with Gasteiger partial charge >= 0.3 is 0 Å². The Morgan fingerprint density at radius 2 is 2.44 bits per heavy atom. The maximum absolute atomic E-state index is 9.23. The second-order valence-electron chi connectivity index (χ2n) is 2.68. The fourth-order valence-corrected chi connectivity index (χ4v) is 1.41. The van der Waals surface area contributed by atoms with E-state index in [-0.39, 0.29) is 6.10 Å². The van der Waals surface area contributed by atoms with Crippen LogP contribution in [0, 0.1) is 5.92 Å². The predicted molar refractivity (Wildman–Crippen MR) is 41.4 cm³/mol. The number of aliphatic hydroxyl groups excluding tert-OH is 1. The van der Waals surface area contributed by atoms with E-state index in [0.717, 1.165) is 17.3 Å². The molecule has 52 valence electrons. The molecule has 0 bridgehead atoms. The second-order valence-corrected chi connectivity index (χ2v) is 3.60. The summed E-state index contributed by atoms with van der Waals surface area (Å²) in [7, 11) is 0. The number of aliphatic hydroxyl groups is 1. The van der Waals surface area contributed by atoms with Gasteiger partial charge in [0, 0.05) is 4.48 Å². The summed E-state index contributed by atoms with van der Waals surface area (Å²) in [6, 6.07) is 0. The summed E-state index contributed by atoms with van der Waals surface area (Å²) in [5.41, 5.74) is 0. The summed E-state index contributed by atoms with van der Waals surface area (Å²) in [6.07, 6.45) is 3.81. The lowest BCUT2D eigenvalue weighted by atomic mass is 9.95. The lowest BCUT2D eigenvalue weighted by molar-refractivity contribution is 0.180. The molecule has 0 radical (unpaired) electrons. The van der Waals surface area contributed by atoms with E-state index in [1.165, 1.54) is 0 Å². The molecular formula is C7H11BrO. The van der Waals surface area contributed by atoms with Crippen LogP contribution in [0.25, 0.3) is 0 Å². The largest absolute Gasteiger partial charge is 0.388 e. The van der Waals surface area contributed by atoms with Crippen LogP contribution in [0.15, 0.2) is 10.6 Å². The van der Waals surface area contributed by atoms with Crippen molar-refractivity contribution in [3.05, 3.63) is 10.6 Å². The highest BCUT2D eigenvalue weighted by Crippen LogP contribution is 2.26. The summed E-state index contributed by atoms with van der Waals surface area (Å²) in [6.45, 7) is 2.15. The van der Waals surface area contributed by atoms with Crippen LogP contribution in [0.1, 0.15) is 19.8 Å². The van der Waals surface area contributed by atoms with Crippen LogP contribution in [0.4, 0.5) is 0 Å². The van der Waals surface area contributed by atoms with E-state index in [0.29, 0.717) is 5.92 Å².